The Balaban J connectivity index is 2.24. The van der Waals surface area contributed by atoms with Crippen LogP contribution in [-0.4, -0.2) is 35.1 Å². The van der Waals surface area contributed by atoms with Crippen LogP contribution in [0.25, 0.3) is 0 Å². The molecule has 0 aromatic carbocycles. The minimum Gasteiger partial charge on any atom is -0.498 e. The van der Waals surface area contributed by atoms with Crippen LogP contribution in [0.2, 0.25) is 0 Å². The van der Waals surface area contributed by atoms with Crippen molar-refractivity contribution in [3.8, 4) is 0 Å². The molecule has 0 amide bonds. The summed E-state index contributed by atoms with van der Waals surface area (Å²) in [7, 11) is 0. The predicted octanol–water partition coefficient (Wildman–Crippen LogP) is 0.151. The summed E-state index contributed by atoms with van der Waals surface area (Å²) in [6.07, 6.45) is -0.857. The van der Waals surface area contributed by atoms with E-state index in [-0.39, 0.29) is 6.61 Å². The molecule has 3 atom stereocenters. The highest BCUT2D eigenvalue weighted by molar-refractivity contribution is 9.11. The zero-order chi connectivity index (χ0) is 8.97. The van der Waals surface area contributed by atoms with Gasteiger partial charge in [-0.2, -0.15) is 0 Å². The second-order valence-corrected chi connectivity index (χ2v) is 2.92. The van der Waals surface area contributed by atoms with Gasteiger partial charge in [-0.05, 0) is 0 Å². The lowest BCUT2D eigenvalue weighted by Crippen LogP contribution is -2.32. The third-order valence-electron chi connectivity index (χ3n) is 1.53. The SMILES string of the molecule is O[C@H]1[C@H](O)[CH]O[C@@H]1COC=CBr. The average Bonchev–Trinajstić information content (AvgIpc) is 2.36. The normalized spacial score (nSPS) is 36.1. The summed E-state index contributed by atoms with van der Waals surface area (Å²) in [6, 6.07) is 0. The maximum Gasteiger partial charge on any atom is 0.121 e. The molecule has 12 heavy (non-hydrogen) atoms. The van der Waals surface area contributed by atoms with Crippen molar-refractivity contribution in [3.63, 3.8) is 0 Å². The van der Waals surface area contributed by atoms with Gasteiger partial charge in [0.25, 0.3) is 0 Å². The van der Waals surface area contributed by atoms with Crippen molar-refractivity contribution in [1.82, 2.24) is 0 Å². The highest BCUT2D eigenvalue weighted by Crippen LogP contribution is 2.17. The Morgan fingerprint density at radius 1 is 1.58 bits per heavy atom. The zero-order valence-corrected chi connectivity index (χ0v) is 7.85. The van der Waals surface area contributed by atoms with Gasteiger partial charge in [-0.1, -0.05) is 15.9 Å². The molecule has 0 bridgehead atoms. The molecule has 1 aliphatic rings. The molecule has 1 rings (SSSR count). The predicted molar refractivity (Wildman–Crippen MR) is 45.2 cm³/mol. The molecule has 2 N–H and O–H groups in total. The molecule has 0 aromatic rings. The quantitative estimate of drug-likeness (QED) is 0.687. The number of aliphatic hydroxyl groups is 2. The van der Waals surface area contributed by atoms with Gasteiger partial charge in [-0.25, -0.2) is 0 Å². The Morgan fingerprint density at radius 2 is 2.33 bits per heavy atom. The van der Waals surface area contributed by atoms with Gasteiger partial charge in [-0.15, -0.1) is 0 Å². The second-order valence-electron chi connectivity index (χ2n) is 2.39. The van der Waals surface area contributed by atoms with Gasteiger partial charge in [0.2, 0.25) is 0 Å². The minimum atomic E-state index is -0.911. The summed E-state index contributed by atoms with van der Waals surface area (Å²) in [5.41, 5.74) is 0. The van der Waals surface area contributed by atoms with Crippen molar-refractivity contribution >= 4 is 15.9 Å². The fourth-order valence-electron chi connectivity index (χ4n) is 0.887. The molecule has 1 fully saturated rings. The summed E-state index contributed by atoms with van der Waals surface area (Å²) in [5, 5.41) is 18.2. The number of aliphatic hydroxyl groups excluding tert-OH is 2. The van der Waals surface area contributed by atoms with E-state index in [0.29, 0.717) is 0 Å². The number of rotatable bonds is 3. The van der Waals surface area contributed by atoms with Crippen molar-refractivity contribution in [2.75, 3.05) is 6.61 Å². The van der Waals surface area contributed by atoms with Crippen LogP contribution in [0.5, 0.6) is 0 Å². The Bertz CT molecular complexity index is 161. The van der Waals surface area contributed by atoms with Crippen molar-refractivity contribution < 1.29 is 19.7 Å². The van der Waals surface area contributed by atoms with Crippen LogP contribution in [0.15, 0.2) is 11.2 Å². The second kappa shape index (κ2) is 4.81. The maximum atomic E-state index is 9.23. The highest BCUT2D eigenvalue weighted by atomic mass is 79.9. The molecule has 0 aliphatic carbocycles. The van der Waals surface area contributed by atoms with Crippen LogP contribution < -0.4 is 0 Å². The standard InChI is InChI=1S/C7H10BrO4/c8-1-2-11-4-6-7(10)5(9)3-12-6/h1-3,5-7,9-10H,4H2/t5-,6-,7+/m1/s1. The van der Waals surface area contributed by atoms with Crippen LogP contribution in [-0.2, 0) is 9.47 Å². The first-order valence-corrected chi connectivity index (χ1v) is 4.39. The van der Waals surface area contributed by atoms with Crippen LogP contribution in [0.4, 0.5) is 0 Å². The third kappa shape index (κ3) is 2.45. The van der Waals surface area contributed by atoms with Crippen molar-refractivity contribution in [2.24, 2.45) is 0 Å². The fraction of sp³-hybridized carbons (Fsp3) is 0.571. The summed E-state index contributed by atoms with van der Waals surface area (Å²) >= 11 is 3.02. The molecule has 0 spiro atoms. The molecule has 5 heteroatoms. The van der Waals surface area contributed by atoms with Gasteiger partial charge >= 0.3 is 0 Å². The van der Waals surface area contributed by atoms with E-state index >= 15 is 0 Å². The zero-order valence-electron chi connectivity index (χ0n) is 6.26. The Kier molecular flexibility index (Phi) is 4.00. The van der Waals surface area contributed by atoms with Crippen molar-refractivity contribution in [1.29, 1.82) is 0 Å². The van der Waals surface area contributed by atoms with E-state index in [9.17, 15) is 5.11 Å². The molecule has 1 saturated heterocycles. The molecule has 1 heterocycles. The molecule has 1 aliphatic heterocycles. The lowest BCUT2D eigenvalue weighted by molar-refractivity contribution is -0.00660. The van der Waals surface area contributed by atoms with Crippen LogP contribution in [0.1, 0.15) is 0 Å². The summed E-state index contributed by atoms with van der Waals surface area (Å²) < 4.78 is 9.87. The largest absolute Gasteiger partial charge is 0.498 e. The molecular formula is C7H10BrO4. The van der Waals surface area contributed by atoms with E-state index < -0.39 is 18.3 Å². The number of halogens is 1. The van der Waals surface area contributed by atoms with Crippen LogP contribution in [0, 0.1) is 6.61 Å². The first-order valence-electron chi connectivity index (χ1n) is 3.47. The topological polar surface area (TPSA) is 58.9 Å². The molecular weight excluding hydrogens is 228 g/mol. The van der Waals surface area contributed by atoms with E-state index in [1.54, 1.807) is 4.99 Å². The van der Waals surface area contributed by atoms with E-state index in [1.807, 2.05) is 0 Å². The molecule has 0 aromatic heterocycles. The first kappa shape index (κ1) is 9.98. The smallest absolute Gasteiger partial charge is 0.121 e. The van der Waals surface area contributed by atoms with Crippen molar-refractivity contribution in [3.05, 3.63) is 17.9 Å². The van der Waals surface area contributed by atoms with E-state index in [0.717, 1.165) is 0 Å². The average molecular weight is 238 g/mol. The molecule has 4 nitrogen and oxygen atoms in total. The molecule has 1 radical (unpaired) electrons. The Hall–Kier alpha value is -0.100. The maximum absolute atomic E-state index is 9.23. The number of hydrogen-bond donors (Lipinski definition) is 2. The Morgan fingerprint density at radius 3 is 2.83 bits per heavy atom. The lowest BCUT2D eigenvalue weighted by Gasteiger charge is -2.13. The monoisotopic (exact) mass is 237 g/mol. The summed E-state index contributed by atoms with van der Waals surface area (Å²) in [4.78, 5) is 1.55. The minimum absolute atomic E-state index is 0.219. The van der Waals surface area contributed by atoms with Crippen LogP contribution in [0.3, 0.4) is 0 Å². The van der Waals surface area contributed by atoms with Gasteiger partial charge in [-0.3, -0.25) is 0 Å². The molecule has 0 saturated carbocycles. The molecule has 0 unspecified atom stereocenters. The van der Waals surface area contributed by atoms with E-state index in [1.165, 1.54) is 12.9 Å². The van der Waals surface area contributed by atoms with Crippen molar-refractivity contribution in [2.45, 2.75) is 18.3 Å². The summed E-state index contributed by atoms with van der Waals surface area (Å²) in [5.74, 6) is 0. The van der Waals surface area contributed by atoms with E-state index in [2.05, 4.69) is 15.9 Å². The lowest BCUT2D eigenvalue weighted by atomic mass is 10.2. The van der Waals surface area contributed by atoms with Gasteiger partial charge in [0.05, 0.1) is 6.26 Å². The Labute approximate surface area is 78.9 Å². The summed E-state index contributed by atoms with van der Waals surface area (Å²) in [6.45, 7) is 1.42. The van der Waals surface area contributed by atoms with Gasteiger partial charge in [0, 0.05) is 4.99 Å². The van der Waals surface area contributed by atoms with E-state index in [4.69, 9.17) is 14.6 Å². The van der Waals surface area contributed by atoms with Gasteiger partial charge < -0.3 is 19.7 Å². The third-order valence-corrected chi connectivity index (χ3v) is 1.75. The number of hydrogen-bond acceptors (Lipinski definition) is 4. The van der Waals surface area contributed by atoms with Gasteiger partial charge in [0.1, 0.15) is 31.5 Å². The first-order chi connectivity index (χ1) is 5.75. The highest BCUT2D eigenvalue weighted by Gasteiger charge is 2.35. The number of ether oxygens (including phenoxy) is 2. The molecule has 69 valence electrons. The van der Waals surface area contributed by atoms with Crippen LogP contribution >= 0.6 is 15.9 Å². The fourth-order valence-corrected chi connectivity index (χ4v) is 1.04. The van der Waals surface area contributed by atoms with Gasteiger partial charge in [0.15, 0.2) is 0 Å².